The minimum atomic E-state index is -2.23. The van der Waals surface area contributed by atoms with Crippen LogP contribution in [0.5, 0.6) is 5.75 Å². The molecule has 0 unspecified atom stereocenters. The molecule has 38 heteroatoms. The number of fused-ring (bicyclic) bond motifs is 2. The van der Waals surface area contributed by atoms with Gasteiger partial charge in [0.2, 0.25) is 76.8 Å². The highest BCUT2D eigenvalue weighted by Crippen LogP contribution is 2.25. The van der Waals surface area contributed by atoms with E-state index in [0.717, 1.165) is 89.8 Å². The fourth-order valence-corrected chi connectivity index (χ4v) is 12.9. The van der Waals surface area contributed by atoms with Crippen molar-refractivity contribution in [2.75, 3.05) is 26.2 Å². The first-order valence-corrected chi connectivity index (χ1v) is 37.7. The molecule has 0 radical (unpaired) electrons. The molecule has 1 aromatic rings. The van der Waals surface area contributed by atoms with E-state index in [4.69, 9.17) is 16.2 Å². The third kappa shape index (κ3) is 29.9. The van der Waals surface area contributed by atoms with Crippen LogP contribution in [0.2, 0.25) is 0 Å². The average Bonchev–Trinajstić information content (AvgIpc) is 1.64. The van der Waals surface area contributed by atoms with E-state index in [1.54, 1.807) is 0 Å². The number of carbonyl (C=O) groups is 14. The van der Waals surface area contributed by atoms with Gasteiger partial charge in [0.25, 0.3) is 0 Å². The molecule has 4 rings (SSSR count). The largest absolute Gasteiger partial charge is 0.508 e. The molecule has 618 valence electrons. The lowest BCUT2D eigenvalue weighted by molar-refractivity contribution is -0.155. The van der Waals surface area contributed by atoms with Crippen LogP contribution in [-0.4, -0.2) is 281 Å². The highest BCUT2D eigenvalue weighted by Gasteiger charge is 2.48. The second-order valence-corrected chi connectivity index (χ2v) is 28.9. The SMILES string of the molecule is CCCCCCCCCCCCC[C@@H]1CC(=O)N[C@H]([C@@H](C)O)C(=O)N[C@H](C)C(=O)N[C@@H](Cc2ccc(O)cc2)C(=O)N[C@@H](C(C)C)C(=O)N2C[C@H](O)C[C@H]2C(=O)N[C@H]([C@@H](C)O)C(=O)N[C@@H]([C@@H](C)O)C(=O)N2CC[C@H](O)[C@H]2C(=O)N[C@@H]([C@H](O)CC(N)=O)C(=O)NCC(=O)N[C@H]([C@@H](C)O)C(=O)N[C@@H](CCCN=CN)C(=O)O1. The number of aliphatic imine (C=N–C) groups is 1. The quantitative estimate of drug-likeness (QED) is 0.0178. The first-order valence-electron chi connectivity index (χ1n) is 37.7. The van der Waals surface area contributed by atoms with Crippen LogP contribution in [-0.2, 0) is 78.3 Å². The predicted molar refractivity (Wildman–Crippen MR) is 394 cm³/mol. The van der Waals surface area contributed by atoms with E-state index < -0.39 is 243 Å². The van der Waals surface area contributed by atoms with Crippen LogP contribution in [0.3, 0.4) is 0 Å². The topological polar surface area (TPSA) is 601 Å². The Kier molecular flexibility index (Phi) is 39.3. The van der Waals surface area contributed by atoms with Gasteiger partial charge in [0.05, 0.1) is 68.5 Å². The smallest absolute Gasteiger partial charge is 0.328 e. The van der Waals surface area contributed by atoms with E-state index in [1.807, 2.05) is 0 Å². The number of rotatable bonds is 26. The highest BCUT2D eigenvalue weighted by molar-refractivity contribution is 6.00. The van der Waals surface area contributed by atoms with Gasteiger partial charge in [-0.1, -0.05) is 97.1 Å². The van der Waals surface area contributed by atoms with Gasteiger partial charge >= 0.3 is 5.97 Å². The molecular formula is C72H117N15O23. The zero-order valence-corrected chi connectivity index (χ0v) is 63.9. The number of aliphatic hydroxyl groups is 7. The van der Waals surface area contributed by atoms with E-state index in [1.165, 1.54) is 52.0 Å². The number of carbonyl (C=O) groups excluding carboxylic acids is 14. The first-order chi connectivity index (χ1) is 51.9. The van der Waals surface area contributed by atoms with Crippen LogP contribution in [0.25, 0.3) is 0 Å². The summed E-state index contributed by atoms with van der Waals surface area (Å²) in [5.74, 6) is -17.2. The van der Waals surface area contributed by atoms with E-state index >= 15 is 0 Å². The van der Waals surface area contributed by atoms with E-state index in [2.05, 4.69) is 65.1 Å². The number of nitrogens with two attached hydrogens (primary N) is 2. The number of esters is 1. The number of unbranched alkanes of at least 4 members (excludes halogenated alkanes) is 10. The van der Waals surface area contributed by atoms with E-state index in [-0.39, 0.29) is 44.4 Å². The molecule has 0 saturated carbocycles. The predicted octanol–water partition coefficient (Wildman–Crippen LogP) is -5.44. The van der Waals surface area contributed by atoms with Gasteiger partial charge < -0.3 is 120 Å². The van der Waals surface area contributed by atoms with Gasteiger partial charge in [-0.2, -0.15) is 0 Å². The third-order valence-corrected chi connectivity index (χ3v) is 19.2. The summed E-state index contributed by atoms with van der Waals surface area (Å²) in [4.78, 5) is 203. The van der Waals surface area contributed by atoms with Gasteiger partial charge in [-0.15, -0.1) is 0 Å². The summed E-state index contributed by atoms with van der Waals surface area (Å²) in [5.41, 5.74) is 11.2. The summed E-state index contributed by atoms with van der Waals surface area (Å²) in [6, 6.07) is -14.4. The van der Waals surface area contributed by atoms with Crippen molar-refractivity contribution in [1.82, 2.24) is 63.0 Å². The monoisotopic (exact) mass is 1560 g/mol. The molecule has 13 amide bonds. The number of phenolic OH excluding ortho intramolecular Hbond substituents is 1. The summed E-state index contributed by atoms with van der Waals surface area (Å²) in [6.45, 7) is 8.69. The molecule has 3 saturated heterocycles. The normalized spacial score (nSPS) is 27.9. The molecule has 0 spiro atoms. The summed E-state index contributed by atoms with van der Waals surface area (Å²) < 4.78 is 5.98. The molecule has 1 aromatic carbocycles. The van der Waals surface area contributed by atoms with Crippen LogP contribution in [0.4, 0.5) is 0 Å². The Morgan fingerprint density at radius 3 is 1.65 bits per heavy atom. The van der Waals surface area contributed by atoms with Gasteiger partial charge in [0, 0.05) is 32.5 Å². The molecule has 22 N–H and O–H groups in total. The number of aliphatic hydroxyl groups excluding tert-OH is 7. The van der Waals surface area contributed by atoms with Crippen molar-refractivity contribution >= 4 is 89.1 Å². The molecule has 0 aromatic heterocycles. The lowest BCUT2D eigenvalue weighted by atomic mass is 9.99. The molecule has 3 heterocycles. The summed E-state index contributed by atoms with van der Waals surface area (Å²) in [6.07, 6.45) is -5.19. The number of cyclic esters (lactones) is 1. The zero-order valence-electron chi connectivity index (χ0n) is 63.9. The Morgan fingerprint density at radius 2 is 1.08 bits per heavy atom. The summed E-state index contributed by atoms with van der Waals surface area (Å²) >= 11 is 0. The molecule has 0 aliphatic carbocycles. The maximum Gasteiger partial charge on any atom is 0.328 e. The van der Waals surface area contributed by atoms with Crippen molar-refractivity contribution in [3.05, 3.63) is 29.8 Å². The second-order valence-electron chi connectivity index (χ2n) is 28.9. The third-order valence-electron chi connectivity index (χ3n) is 19.2. The number of nitrogens with one attached hydrogen (secondary N) is 10. The van der Waals surface area contributed by atoms with Crippen LogP contribution in [0, 0.1) is 5.92 Å². The number of ether oxygens (including phenoxy) is 1. The van der Waals surface area contributed by atoms with Crippen molar-refractivity contribution in [2.45, 2.75) is 293 Å². The van der Waals surface area contributed by atoms with Gasteiger partial charge in [0.15, 0.2) is 0 Å². The number of phenols is 1. The summed E-state index contributed by atoms with van der Waals surface area (Å²) in [5, 5.41) is 111. The van der Waals surface area contributed by atoms with Crippen LogP contribution < -0.4 is 64.6 Å². The molecular weight excluding hydrogens is 1440 g/mol. The number of primary amides is 1. The van der Waals surface area contributed by atoms with Gasteiger partial charge in [-0.25, -0.2) is 4.79 Å². The molecule has 3 aliphatic heterocycles. The van der Waals surface area contributed by atoms with Crippen molar-refractivity contribution in [3.63, 3.8) is 0 Å². The Labute approximate surface area is 639 Å². The molecule has 3 fully saturated rings. The number of nitrogens with zero attached hydrogens (tertiary/aromatic N) is 3. The molecule has 38 nitrogen and oxygen atoms in total. The van der Waals surface area contributed by atoms with Crippen molar-refractivity contribution in [3.8, 4) is 5.75 Å². The molecule has 0 bridgehead atoms. The van der Waals surface area contributed by atoms with E-state index in [0.29, 0.717) is 23.3 Å². The second kappa shape index (κ2) is 46.5. The lowest BCUT2D eigenvalue weighted by Gasteiger charge is -2.34. The zero-order chi connectivity index (χ0) is 82.2. The van der Waals surface area contributed by atoms with Crippen molar-refractivity contribution < 1.29 is 113 Å². The Hall–Kier alpha value is -9.21. The summed E-state index contributed by atoms with van der Waals surface area (Å²) in [7, 11) is 0. The van der Waals surface area contributed by atoms with Gasteiger partial charge in [-0.3, -0.25) is 67.3 Å². The fraction of sp³-hybridized carbons (Fsp3) is 0.708. The maximum absolute atomic E-state index is 14.8. The number of hydrogen-bond acceptors (Lipinski definition) is 24. The Balaban J connectivity index is 1.82. The fourth-order valence-electron chi connectivity index (χ4n) is 12.9. The van der Waals surface area contributed by atoms with Crippen LogP contribution in [0.1, 0.15) is 177 Å². The minimum absolute atomic E-state index is 0.0220. The number of benzene rings is 1. The van der Waals surface area contributed by atoms with Crippen molar-refractivity contribution in [2.24, 2.45) is 22.4 Å². The molecule has 3 aliphatic rings. The lowest BCUT2D eigenvalue weighted by Crippen LogP contribution is -2.64. The van der Waals surface area contributed by atoms with Gasteiger partial charge in [-0.05, 0) is 90.3 Å². The highest BCUT2D eigenvalue weighted by atomic mass is 16.5. The molecule has 19 atom stereocenters. The van der Waals surface area contributed by atoms with Gasteiger partial charge in [0.1, 0.15) is 78.3 Å². The van der Waals surface area contributed by atoms with Crippen LogP contribution in [0.15, 0.2) is 29.3 Å². The standard InChI is InChI=1S/C72H117N15O23/c1-9-10-11-12-13-14-15-16-17-18-19-21-46-32-53(97)80-56(39(5)88)66(103)77-38(4)62(99)79-48(30-43-23-25-44(92)26-24-43)63(100)82-55(37(2)3)70(107)87-35-45(93)31-49(87)64(101)83-58(41(7)90)68(105)84-59(42(8)91)71(108)86-29-27-50(94)61(86)69(106)85-60(51(95)33-52(74)96)65(102)76-34-54(98)81-57(40(6)89)67(104)78-47(72(109)110-46)22-20-28-75-36-73/h23-26,36-42,45-51,55-61,88-95H,9-22,27-35H2,1-8H3,(H2,73,75)(H2,74,96)(H,76,102)(H,77,103)(H,78,104)(H,79,99)(H,80,97)(H,81,98)(H,82,100)(H,83,101)(H,84,105)(H,85,106)/t38-,39-,40-,41-,42-,45-,46-,47+,48+,49+,50+,51-,55+,56-,57-,58-,59+,60+,61+/m1/s1. The average molecular weight is 1560 g/mol. The Morgan fingerprint density at radius 1 is 0.573 bits per heavy atom. The van der Waals surface area contributed by atoms with Crippen LogP contribution >= 0.6 is 0 Å². The number of amides is 13. The van der Waals surface area contributed by atoms with Crippen molar-refractivity contribution in [1.29, 1.82) is 0 Å². The Bertz CT molecular complexity index is 3290. The first kappa shape index (κ1) is 93.2. The minimum Gasteiger partial charge on any atom is -0.508 e. The number of aromatic hydroxyl groups is 1. The molecule has 110 heavy (non-hydrogen) atoms. The maximum atomic E-state index is 14.8. The number of hydrogen-bond donors (Lipinski definition) is 20. The van der Waals surface area contributed by atoms with E-state index in [9.17, 15) is 108 Å².